The summed E-state index contributed by atoms with van der Waals surface area (Å²) in [6.07, 6.45) is 0.695. The van der Waals surface area contributed by atoms with Gasteiger partial charge in [0.05, 0.1) is 11.2 Å². The molecule has 0 fully saturated rings. The second-order valence-electron chi connectivity index (χ2n) is 5.26. The number of nitrogens with one attached hydrogen (secondary N) is 1. The lowest BCUT2D eigenvalue weighted by Gasteiger charge is -2.09. The van der Waals surface area contributed by atoms with Gasteiger partial charge in [0, 0.05) is 23.3 Å². The summed E-state index contributed by atoms with van der Waals surface area (Å²) in [5, 5.41) is 13.2. The molecule has 0 atom stereocenters. The second-order valence-corrected chi connectivity index (χ2v) is 6.11. The van der Waals surface area contributed by atoms with Gasteiger partial charge in [0.25, 0.3) is 0 Å². The Hall–Kier alpha value is -2.47. The van der Waals surface area contributed by atoms with Crippen molar-refractivity contribution < 1.29 is 0 Å². The van der Waals surface area contributed by atoms with Crippen LogP contribution in [0, 0.1) is 0 Å². The number of aromatic nitrogens is 4. The molecule has 0 aliphatic carbocycles. The van der Waals surface area contributed by atoms with E-state index in [0.29, 0.717) is 6.42 Å². The lowest BCUT2D eigenvalue weighted by molar-refractivity contribution is 0.784. The van der Waals surface area contributed by atoms with Crippen LogP contribution in [-0.4, -0.2) is 26.9 Å². The van der Waals surface area contributed by atoms with Gasteiger partial charge in [-0.15, -0.1) is 14.8 Å². The molecule has 114 valence electrons. The lowest BCUT2D eigenvalue weighted by atomic mass is 10.1. The van der Waals surface area contributed by atoms with Crippen LogP contribution < -0.4 is 5.32 Å². The molecule has 0 bridgehead atoms. The molecule has 2 aromatic heterocycles. The summed E-state index contributed by atoms with van der Waals surface area (Å²) in [7, 11) is 1.85. The molecule has 1 N–H and O–H groups in total. The van der Waals surface area contributed by atoms with Crippen molar-refractivity contribution in [1.82, 2.24) is 19.8 Å². The van der Waals surface area contributed by atoms with Crippen molar-refractivity contribution in [3.05, 3.63) is 64.3 Å². The fourth-order valence-corrected chi connectivity index (χ4v) is 3.08. The minimum atomic E-state index is 0.695. The smallest absolute Gasteiger partial charge is 0.184 e. The van der Waals surface area contributed by atoms with Crippen molar-refractivity contribution >= 4 is 38.3 Å². The molecular formula is C17H14BrN5. The predicted molar refractivity (Wildman–Crippen MR) is 94.8 cm³/mol. The van der Waals surface area contributed by atoms with Crippen molar-refractivity contribution in [2.24, 2.45) is 0 Å². The zero-order chi connectivity index (χ0) is 15.8. The van der Waals surface area contributed by atoms with Crippen molar-refractivity contribution in [1.29, 1.82) is 0 Å². The quantitative estimate of drug-likeness (QED) is 0.600. The van der Waals surface area contributed by atoms with E-state index in [4.69, 9.17) is 4.98 Å². The number of anilines is 1. The second kappa shape index (κ2) is 5.62. The summed E-state index contributed by atoms with van der Waals surface area (Å²) >= 11 is 3.60. The average Bonchev–Trinajstić information content (AvgIpc) is 2.94. The highest BCUT2D eigenvalue weighted by Crippen LogP contribution is 2.24. The molecule has 4 rings (SSSR count). The van der Waals surface area contributed by atoms with E-state index in [1.54, 1.807) is 4.63 Å². The zero-order valence-corrected chi connectivity index (χ0v) is 14.1. The Kier molecular flexibility index (Phi) is 3.46. The van der Waals surface area contributed by atoms with Crippen LogP contribution in [0.15, 0.2) is 53.0 Å². The summed E-state index contributed by atoms with van der Waals surface area (Å²) in [6, 6.07) is 16.1. The van der Waals surface area contributed by atoms with Crippen molar-refractivity contribution in [3.63, 3.8) is 0 Å². The molecule has 0 amide bonds. The molecule has 4 aromatic rings. The third-order valence-corrected chi connectivity index (χ3v) is 4.57. The van der Waals surface area contributed by atoms with Crippen LogP contribution in [0.3, 0.4) is 0 Å². The molecule has 0 aliphatic rings. The van der Waals surface area contributed by atoms with Gasteiger partial charge in [0.1, 0.15) is 0 Å². The zero-order valence-electron chi connectivity index (χ0n) is 12.5. The molecule has 0 saturated heterocycles. The highest BCUT2D eigenvalue weighted by molar-refractivity contribution is 9.10. The fourth-order valence-electron chi connectivity index (χ4n) is 2.65. The van der Waals surface area contributed by atoms with Crippen LogP contribution in [0.2, 0.25) is 0 Å². The Morgan fingerprint density at radius 1 is 1.04 bits per heavy atom. The normalized spacial score (nSPS) is 11.2. The van der Waals surface area contributed by atoms with Crippen LogP contribution in [0.25, 0.3) is 16.6 Å². The fraction of sp³-hybridized carbons (Fsp3) is 0.118. The summed E-state index contributed by atoms with van der Waals surface area (Å²) in [5.41, 5.74) is 3.75. The first kappa shape index (κ1) is 14.1. The van der Waals surface area contributed by atoms with E-state index in [1.807, 2.05) is 49.5 Å². The summed E-state index contributed by atoms with van der Waals surface area (Å²) in [5.74, 6) is 0.737. The number of hydrogen-bond donors (Lipinski definition) is 1. The molecular weight excluding hydrogens is 354 g/mol. The van der Waals surface area contributed by atoms with Gasteiger partial charge in [-0.1, -0.05) is 46.3 Å². The first-order valence-corrected chi connectivity index (χ1v) is 8.11. The number of halogens is 1. The maximum Gasteiger partial charge on any atom is 0.184 e. The van der Waals surface area contributed by atoms with Gasteiger partial charge in [-0.05, 0) is 23.8 Å². The van der Waals surface area contributed by atoms with Gasteiger partial charge in [0.15, 0.2) is 11.5 Å². The van der Waals surface area contributed by atoms with Gasteiger partial charge in [-0.2, -0.15) is 0 Å². The Labute approximate surface area is 141 Å². The third kappa shape index (κ3) is 2.45. The van der Waals surface area contributed by atoms with Gasteiger partial charge in [-0.3, -0.25) is 0 Å². The number of benzene rings is 2. The van der Waals surface area contributed by atoms with E-state index >= 15 is 0 Å². The summed E-state index contributed by atoms with van der Waals surface area (Å²) in [6.45, 7) is 0. The van der Waals surface area contributed by atoms with Crippen molar-refractivity contribution in [3.8, 4) is 0 Å². The Morgan fingerprint density at radius 3 is 2.65 bits per heavy atom. The van der Waals surface area contributed by atoms with Crippen LogP contribution in [0.5, 0.6) is 0 Å². The molecule has 0 spiro atoms. The van der Waals surface area contributed by atoms with Crippen LogP contribution >= 0.6 is 15.9 Å². The number of fused-ring (bicyclic) bond motifs is 3. The lowest BCUT2D eigenvalue weighted by Crippen LogP contribution is -2.08. The standard InChI is InChI=1S/C17H14BrN5/c1-19-16-15(10-11-6-2-4-8-13(11)18)20-17-12-7-3-5-9-14(12)21-23(17)22-16/h2-9H,10H2,1H3,(H,19,22). The summed E-state index contributed by atoms with van der Waals surface area (Å²) in [4.78, 5) is 4.83. The first-order valence-electron chi connectivity index (χ1n) is 7.32. The van der Waals surface area contributed by atoms with Gasteiger partial charge < -0.3 is 5.32 Å². The number of nitrogens with zero attached hydrogens (tertiary/aromatic N) is 4. The Morgan fingerprint density at radius 2 is 1.83 bits per heavy atom. The van der Waals surface area contributed by atoms with Gasteiger partial charge >= 0.3 is 0 Å². The SMILES string of the molecule is CNc1nn2nc3ccccc3c2nc1Cc1ccccc1Br. The van der Waals surface area contributed by atoms with Gasteiger partial charge in [0.2, 0.25) is 0 Å². The van der Waals surface area contributed by atoms with E-state index in [2.05, 4.69) is 37.5 Å². The molecule has 0 unspecified atom stereocenters. The highest BCUT2D eigenvalue weighted by atomic mass is 79.9. The molecule has 2 heterocycles. The first-order chi connectivity index (χ1) is 11.3. The van der Waals surface area contributed by atoms with Crippen LogP contribution in [0.4, 0.5) is 5.82 Å². The minimum Gasteiger partial charge on any atom is -0.370 e. The third-order valence-electron chi connectivity index (χ3n) is 3.80. The molecule has 0 aliphatic heterocycles. The summed E-state index contributed by atoms with van der Waals surface area (Å²) < 4.78 is 2.67. The highest BCUT2D eigenvalue weighted by Gasteiger charge is 2.13. The van der Waals surface area contributed by atoms with Crippen LogP contribution in [-0.2, 0) is 6.42 Å². The number of hydrogen-bond acceptors (Lipinski definition) is 4. The Balaban J connectivity index is 1.91. The average molecular weight is 368 g/mol. The van der Waals surface area contributed by atoms with Crippen LogP contribution in [0.1, 0.15) is 11.3 Å². The van der Waals surface area contributed by atoms with Gasteiger partial charge in [-0.25, -0.2) is 4.98 Å². The molecule has 5 nitrogen and oxygen atoms in total. The predicted octanol–water partition coefficient (Wildman–Crippen LogP) is 3.67. The molecule has 6 heteroatoms. The Bertz CT molecular complexity index is 1010. The molecule has 2 aromatic carbocycles. The van der Waals surface area contributed by atoms with E-state index < -0.39 is 0 Å². The van der Waals surface area contributed by atoms with E-state index in [1.165, 1.54) is 5.56 Å². The topological polar surface area (TPSA) is 55.1 Å². The largest absolute Gasteiger partial charge is 0.370 e. The minimum absolute atomic E-state index is 0.695. The van der Waals surface area contributed by atoms with E-state index in [-0.39, 0.29) is 0 Å². The van der Waals surface area contributed by atoms with E-state index in [9.17, 15) is 0 Å². The molecule has 23 heavy (non-hydrogen) atoms. The molecule has 0 saturated carbocycles. The molecule has 0 radical (unpaired) electrons. The maximum atomic E-state index is 4.83. The van der Waals surface area contributed by atoms with E-state index in [0.717, 1.165) is 32.5 Å². The maximum absolute atomic E-state index is 4.83. The number of rotatable bonds is 3. The van der Waals surface area contributed by atoms with Crippen molar-refractivity contribution in [2.45, 2.75) is 6.42 Å². The monoisotopic (exact) mass is 367 g/mol. The van der Waals surface area contributed by atoms with Crippen molar-refractivity contribution in [2.75, 3.05) is 12.4 Å².